The molecular formula is C31H35N3O2. The predicted molar refractivity (Wildman–Crippen MR) is 147 cm³/mol. The number of anilines is 1. The van der Waals surface area contributed by atoms with E-state index in [0.29, 0.717) is 11.6 Å². The first-order valence-corrected chi connectivity index (χ1v) is 13.3. The number of aryl methyl sites for hydroxylation is 1. The van der Waals surface area contributed by atoms with E-state index in [1.54, 1.807) is 12.1 Å². The molecule has 0 bridgehead atoms. The lowest BCUT2D eigenvalue weighted by Crippen LogP contribution is -2.22. The molecule has 36 heavy (non-hydrogen) atoms. The van der Waals surface area contributed by atoms with Gasteiger partial charge in [-0.05, 0) is 60.2 Å². The molecule has 1 fully saturated rings. The van der Waals surface area contributed by atoms with E-state index in [1.807, 2.05) is 24.3 Å². The van der Waals surface area contributed by atoms with E-state index >= 15 is 0 Å². The summed E-state index contributed by atoms with van der Waals surface area (Å²) in [5, 5.41) is 13.3. The number of nitrogens with one attached hydrogen (secondary N) is 1. The van der Waals surface area contributed by atoms with Crippen molar-refractivity contribution in [3.63, 3.8) is 0 Å². The number of imidazole rings is 1. The topological polar surface area (TPSA) is 67.2 Å². The number of carbonyl (C=O) groups is 1. The third kappa shape index (κ3) is 5.30. The first-order valence-electron chi connectivity index (χ1n) is 13.3. The number of aromatic nitrogens is 2. The Morgan fingerprint density at radius 3 is 2.56 bits per heavy atom. The molecule has 1 heterocycles. The first-order chi connectivity index (χ1) is 17.6. The van der Waals surface area contributed by atoms with Gasteiger partial charge < -0.3 is 15.0 Å². The van der Waals surface area contributed by atoms with Crippen molar-refractivity contribution in [1.82, 2.24) is 9.55 Å². The molecule has 186 valence electrons. The number of rotatable bonds is 9. The Morgan fingerprint density at radius 2 is 1.81 bits per heavy atom. The van der Waals surface area contributed by atoms with E-state index in [-0.39, 0.29) is 0 Å². The molecule has 1 saturated carbocycles. The zero-order valence-corrected chi connectivity index (χ0v) is 21.0. The van der Waals surface area contributed by atoms with Gasteiger partial charge in [0.2, 0.25) is 0 Å². The van der Waals surface area contributed by atoms with Crippen molar-refractivity contribution in [3.05, 3.63) is 83.7 Å². The molecule has 0 saturated heterocycles. The van der Waals surface area contributed by atoms with E-state index in [1.165, 1.54) is 48.9 Å². The minimum Gasteiger partial charge on any atom is -0.478 e. The Morgan fingerprint density at radius 1 is 1.03 bits per heavy atom. The van der Waals surface area contributed by atoms with Crippen LogP contribution in [-0.4, -0.2) is 26.7 Å². The van der Waals surface area contributed by atoms with E-state index in [2.05, 4.69) is 47.1 Å². The maximum atomic E-state index is 11.7. The number of unbranched alkanes of at least 4 members (excludes halogenated alkanes) is 1. The largest absolute Gasteiger partial charge is 0.478 e. The van der Waals surface area contributed by atoms with Crippen molar-refractivity contribution in [2.24, 2.45) is 0 Å². The molecule has 0 spiro atoms. The highest BCUT2D eigenvalue weighted by atomic mass is 16.4. The van der Waals surface area contributed by atoms with Crippen molar-refractivity contribution in [2.75, 3.05) is 5.32 Å². The average Bonchev–Trinajstić information content (AvgIpc) is 3.25. The van der Waals surface area contributed by atoms with E-state index in [9.17, 15) is 9.90 Å². The Labute approximate surface area is 213 Å². The van der Waals surface area contributed by atoms with Crippen LogP contribution in [0.5, 0.6) is 0 Å². The Hall–Kier alpha value is -3.60. The lowest BCUT2D eigenvalue weighted by atomic mass is 9.95. The Kier molecular flexibility index (Phi) is 7.36. The summed E-state index contributed by atoms with van der Waals surface area (Å²) < 4.78 is 2.36. The first kappa shape index (κ1) is 24.1. The van der Waals surface area contributed by atoms with Gasteiger partial charge in [0, 0.05) is 24.7 Å². The van der Waals surface area contributed by atoms with Crippen molar-refractivity contribution >= 4 is 22.7 Å². The van der Waals surface area contributed by atoms with E-state index in [0.717, 1.165) is 48.3 Å². The summed E-state index contributed by atoms with van der Waals surface area (Å²) >= 11 is 0. The van der Waals surface area contributed by atoms with E-state index in [4.69, 9.17) is 4.98 Å². The maximum Gasteiger partial charge on any atom is 0.336 e. The molecule has 5 heteroatoms. The molecule has 1 aromatic heterocycles. The molecule has 5 rings (SSSR count). The fourth-order valence-corrected chi connectivity index (χ4v) is 5.34. The van der Waals surface area contributed by atoms with Crippen LogP contribution in [0, 0.1) is 0 Å². The lowest BCUT2D eigenvalue weighted by Gasteiger charge is -2.24. The highest BCUT2D eigenvalue weighted by Crippen LogP contribution is 2.28. The van der Waals surface area contributed by atoms with Crippen LogP contribution in [0.15, 0.2) is 66.7 Å². The molecule has 1 aliphatic rings. The summed E-state index contributed by atoms with van der Waals surface area (Å²) in [4.78, 5) is 16.7. The Bertz CT molecular complexity index is 1330. The van der Waals surface area contributed by atoms with Crippen molar-refractivity contribution in [1.29, 1.82) is 0 Å². The van der Waals surface area contributed by atoms with E-state index < -0.39 is 5.97 Å². The van der Waals surface area contributed by atoms with Crippen LogP contribution in [0.2, 0.25) is 0 Å². The second-order valence-electron chi connectivity index (χ2n) is 9.95. The van der Waals surface area contributed by atoms with Gasteiger partial charge in [-0.1, -0.05) is 75.1 Å². The highest BCUT2D eigenvalue weighted by molar-refractivity contribution is 5.96. The predicted octanol–water partition coefficient (Wildman–Crippen LogP) is 7.54. The van der Waals surface area contributed by atoms with Crippen molar-refractivity contribution in [2.45, 2.75) is 70.9 Å². The third-order valence-corrected chi connectivity index (χ3v) is 7.32. The van der Waals surface area contributed by atoms with Gasteiger partial charge in [0.25, 0.3) is 0 Å². The number of aromatic carboxylic acids is 1. The van der Waals surface area contributed by atoms with Gasteiger partial charge in [0.1, 0.15) is 5.82 Å². The summed E-state index contributed by atoms with van der Waals surface area (Å²) in [7, 11) is 0. The molecule has 0 radical (unpaired) electrons. The fourth-order valence-electron chi connectivity index (χ4n) is 5.34. The van der Waals surface area contributed by atoms with Gasteiger partial charge in [-0.3, -0.25) is 0 Å². The second kappa shape index (κ2) is 11.0. The van der Waals surface area contributed by atoms with Crippen LogP contribution in [0.3, 0.4) is 0 Å². The number of nitrogens with zero attached hydrogens (tertiary/aromatic N) is 2. The standard InChI is InChI=1S/C31H35N3O2/c1-2-3-13-30-33-28-19-18-25(32-24-9-5-4-6-10-24)20-29(28)34(30)21-22-14-16-23(17-15-22)26-11-7-8-12-27(26)31(35)36/h7-8,11-12,14-20,24,32H,2-6,9-10,13,21H2,1H3,(H,35,36). The number of benzene rings is 3. The highest BCUT2D eigenvalue weighted by Gasteiger charge is 2.16. The van der Waals surface area contributed by atoms with Crippen LogP contribution in [0.4, 0.5) is 5.69 Å². The molecule has 0 aliphatic heterocycles. The second-order valence-corrected chi connectivity index (χ2v) is 9.95. The van der Waals surface area contributed by atoms with Gasteiger partial charge in [0.05, 0.1) is 16.6 Å². The van der Waals surface area contributed by atoms with Gasteiger partial charge in [-0.2, -0.15) is 0 Å². The van der Waals surface area contributed by atoms with Crippen LogP contribution >= 0.6 is 0 Å². The monoisotopic (exact) mass is 481 g/mol. The maximum absolute atomic E-state index is 11.7. The molecule has 0 atom stereocenters. The van der Waals surface area contributed by atoms with Crippen molar-refractivity contribution < 1.29 is 9.90 Å². The average molecular weight is 482 g/mol. The van der Waals surface area contributed by atoms with Gasteiger partial charge >= 0.3 is 5.97 Å². The Balaban J connectivity index is 1.44. The van der Waals surface area contributed by atoms with Crippen LogP contribution in [-0.2, 0) is 13.0 Å². The molecule has 3 aromatic carbocycles. The SMILES string of the molecule is CCCCc1nc2ccc(NC3CCCCC3)cc2n1Cc1ccc(-c2ccccc2C(=O)O)cc1. The molecule has 2 N–H and O–H groups in total. The quantitative estimate of drug-likeness (QED) is 0.259. The normalized spacial score (nSPS) is 14.2. The third-order valence-electron chi connectivity index (χ3n) is 7.32. The van der Waals surface area contributed by atoms with Gasteiger partial charge in [-0.25, -0.2) is 9.78 Å². The smallest absolute Gasteiger partial charge is 0.336 e. The number of carboxylic acid groups (broad SMARTS) is 1. The van der Waals surface area contributed by atoms with Crippen LogP contribution in [0.1, 0.15) is 73.6 Å². The van der Waals surface area contributed by atoms with Crippen LogP contribution in [0.25, 0.3) is 22.2 Å². The summed E-state index contributed by atoms with van der Waals surface area (Å²) in [5.74, 6) is 0.222. The zero-order chi connectivity index (χ0) is 24.9. The molecular weight excluding hydrogens is 446 g/mol. The lowest BCUT2D eigenvalue weighted by molar-refractivity contribution is 0.0697. The molecule has 1 aliphatic carbocycles. The summed E-state index contributed by atoms with van der Waals surface area (Å²) in [6.45, 7) is 2.95. The summed E-state index contributed by atoms with van der Waals surface area (Å²) in [6.07, 6.45) is 9.67. The molecule has 4 aromatic rings. The molecule has 0 amide bonds. The summed E-state index contributed by atoms with van der Waals surface area (Å²) in [5.41, 5.74) is 6.55. The minimum absolute atomic E-state index is 0.325. The zero-order valence-electron chi connectivity index (χ0n) is 21.0. The minimum atomic E-state index is -0.905. The summed E-state index contributed by atoms with van der Waals surface area (Å²) in [6, 6.07) is 22.6. The number of fused-ring (bicyclic) bond motifs is 1. The molecule has 5 nitrogen and oxygen atoms in total. The molecule has 0 unspecified atom stereocenters. The van der Waals surface area contributed by atoms with Gasteiger partial charge in [0.15, 0.2) is 0 Å². The number of carboxylic acids is 1. The number of hydrogen-bond donors (Lipinski definition) is 2. The van der Waals surface area contributed by atoms with Gasteiger partial charge in [-0.15, -0.1) is 0 Å². The van der Waals surface area contributed by atoms with Crippen molar-refractivity contribution in [3.8, 4) is 11.1 Å². The fraction of sp³-hybridized carbons (Fsp3) is 0.355. The van der Waals surface area contributed by atoms with Crippen LogP contribution < -0.4 is 5.32 Å². The number of hydrogen-bond acceptors (Lipinski definition) is 3.